The molecule has 0 unspecified atom stereocenters. The molecule has 2 heterocycles. The first-order valence-corrected chi connectivity index (χ1v) is 6.63. The molecule has 1 amide bonds. The van der Waals surface area contributed by atoms with Gasteiger partial charge in [-0.1, -0.05) is 6.92 Å². The van der Waals surface area contributed by atoms with E-state index in [2.05, 4.69) is 27.4 Å². The van der Waals surface area contributed by atoms with Crippen LogP contribution in [0.1, 0.15) is 29.3 Å². The van der Waals surface area contributed by atoms with E-state index in [0.29, 0.717) is 12.1 Å². The van der Waals surface area contributed by atoms with Gasteiger partial charge >= 0.3 is 0 Å². The molecule has 106 valence electrons. The third-order valence-corrected chi connectivity index (χ3v) is 2.94. The van der Waals surface area contributed by atoms with Gasteiger partial charge in [0, 0.05) is 38.1 Å². The van der Waals surface area contributed by atoms with E-state index in [1.807, 2.05) is 0 Å². The highest BCUT2D eigenvalue weighted by Gasteiger charge is 2.16. The predicted octanol–water partition coefficient (Wildman–Crippen LogP) is 1.90. The zero-order valence-corrected chi connectivity index (χ0v) is 11.8. The van der Waals surface area contributed by atoms with Gasteiger partial charge in [-0.2, -0.15) is 5.10 Å². The number of amides is 1. The van der Waals surface area contributed by atoms with Gasteiger partial charge in [-0.3, -0.25) is 14.9 Å². The van der Waals surface area contributed by atoms with Crippen LogP contribution in [0, 0.1) is 0 Å². The molecular formula is C14H19N5O. The van der Waals surface area contributed by atoms with Crippen LogP contribution in [-0.4, -0.2) is 39.6 Å². The molecule has 2 aromatic heterocycles. The van der Waals surface area contributed by atoms with Gasteiger partial charge in [0.05, 0.1) is 23.6 Å². The van der Waals surface area contributed by atoms with E-state index in [1.165, 1.54) is 0 Å². The number of nitrogens with one attached hydrogen (secondary N) is 2. The van der Waals surface area contributed by atoms with Gasteiger partial charge in [0.15, 0.2) is 0 Å². The average molecular weight is 273 g/mol. The molecule has 0 fully saturated rings. The highest BCUT2D eigenvalue weighted by molar-refractivity contribution is 5.99. The van der Waals surface area contributed by atoms with Gasteiger partial charge < -0.3 is 10.2 Å². The maximum Gasteiger partial charge on any atom is 0.256 e. The molecule has 0 saturated carbocycles. The summed E-state index contributed by atoms with van der Waals surface area (Å²) in [4.78, 5) is 18.2. The SMILES string of the molecule is CCCNc1cnccc1C(=O)N(C)Cc1cn[nH]c1. The smallest absolute Gasteiger partial charge is 0.256 e. The lowest BCUT2D eigenvalue weighted by atomic mass is 10.2. The summed E-state index contributed by atoms with van der Waals surface area (Å²) >= 11 is 0. The standard InChI is InChI=1S/C14H19N5O/c1-3-5-16-13-9-15-6-4-12(13)14(20)19(2)10-11-7-17-18-8-11/h4,6-9,16H,3,5,10H2,1-2H3,(H,17,18). The number of aromatic amines is 1. The molecule has 0 aliphatic heterocycles. The van der Waals surface area contributed by atoms with Crippen molar-refractivity contribution in [2.45, 2.75) is 19.9 Å². The molecule has 0 aliphatic carbocycles. The Morgan fingerprint density at radius 1 is 1.45 bits per heavy atom. The van der Waals surface area contributed by atoms with E-state index in [4.69, 9.17) is 0 Å². The summed E-state index contributed by atoms with van der Waals surface area (Å²) in [6, 6.07) is 1.74. The van der Waals surface area contributed by atoms with Crippen molar-refractivity contribution in [3.63, 3.8) is 0 Å². The van der Waals surface area contributed by atoms with E-state index >= 15 is 0 Å². The Bertz CT molecular complexity index is 552. The quantitative estimate of drug-likeness (QED) is 0.843. The summed E-state index contributed by atoms with van der Waals surface area (Å²) in [7, 11) is 1.78. The van der Waals surface area contributed by atoms with Crippen molar-refractivity contribution in [2.75, 3.05) is 18.9 Å². The van der Waals surface area contributed by atoms with Gasteiger partial charge in [0.25, 0.3) is 5.91 Å². The summed E-state index contributed by atoms with van der Waals surface area (Å²) in [6.07, 6.45) is 7.82. The Kier molecular flexibility index (Phi) is 4.70. The van der Waals surface area contributed by atoms with Crippen LogP contribution in [0.2, 0.25) is 0 Å². The number of pyridine rings is 1. The lowest BCUT2D eigenvalue weighted by Crippen LogP contribution is -2.27. The summed E-state index contributed by atoms with van der Waals surface area (Å²) in [5.41, 5.74) is 2.39. The van der Waals surface area contributed by atoms with Crippen LogP contribution >= 0.6 is 0 Å². The second kappa shape index (κ2) is 6.70. The molecule has 6 nitrogen and oxygen atoms in total. The summed E-state index contributed by atoms with van der Waals surface area (Å²) in [6.45, 7) is 3.41. The second-order valence-electron chi connectivity index (χ2n) is 4.62. The lowest BCUT2D eigenvalue weighted by molar-refractivity contribution is 0.0786. The average Bonchev–Trinajstić information content (AvgIpc) is 2.97. The van der Waals surface area contributed by atoms with Crippen LogP contribution in [0.3, 0.4) is 0 Å². The Labute approximate surface area is 118 Å². The van der Waals surface area contributed by atoms with E-state index in [0.717, 1.165) is 24.2 Å². The number of H-pyrrole nitrogens is 1. The van der Waals surface area contributed by atoms with Gasteiger partial charge in [-0.15, -0.1) is 0 Å². The monoisotopic (exact) mass is 273 g/mol. The highest BCUT2D eigenvalue weighted by Crippen LogP contribution is 2.16. The fourth-order valence-corrected chi connectivity index (χ4v) is 1.90. The molecule has 2 N–H and O–H groups in total. The molecule has 0 bridgehead atoms. The van der Waals surface area contributed by atoms with Crippen molar-refractivity contribution in [3.8, 4) is 0 Å². The normalized spacial score (nSPS) is 10.3. The van der Waals surface area contributed by atoms with Crippen LogP contribution < -0.4 is 5.32 Å². The molecule has 0 spiro atoms. The van der Waals surface area contributed by atoms with Crippen LogP contribution in [-0.2, 0) is 6.54 Å². The van der Waals surface area contributed by atoms with Crippen molar-refractivity contribution in [3.05, 3.63) is 42.0 Å². The molecule has 0 atom stereocenters. The summed E-state index contributed by atoms with van der Waals surface area (Å²) in [5, 5.41) is 9.85. The molecular weight excluding hydrogens is 254 g/mol. The minimum absolute atomic E-state index is 0.0350. The Morgan fingerprint density at radius 3 is 3.00 bits per heavy atom. The zero-order chi connectivity index (χ0) is 14.4. The molecule has 20 heavy (non-hydrogen) atoms. The van der Waals surface area contributed by atoms with Crippen LogP contribution in [0.25, 0.3) is 0 Å². The first-order chi connectivity index (χ1) is 9.72. The number of anilines is 1. The van der Waals surface area contributed by atoms with Crippen molar-refractivity contribution in [2.24, 2.45) is 0 Å². The van der Waals surface area contributed by atoms with Crippen LogP contribution in [0.4, 0.5) is 5.69 Å². The maximum absolute atomic E-state index is 12.5. The Balaban J connectivity index is 2.11. The fourth-order valence-electron chi connectivity index (χ4n) is 1.90. The van der Waals surface area contributed by atoms with Gasteiger partial charge in [-0.25, -0.2) is 0 Å². The Morgan fingerprint density at radius 2 is 2.30 bits per heavy atom. The molecule has 0 radical (unpaired) electrons. The topological polar surface area (TPSA) is 73.9 Å². The third-order valence-electron chi connectivity index (χ3n) is 2.94. The van der Waals surface area contributed by atoms with Crippen LogP contribution in [0.15, 0.2) is 30.9 Å². The van der Waals surface area contributed by atoms with E-state index in [1.54, 1.807) is 42.8 Å². The number of nitrogens with zero attached hydrogens (tertiary/aromatic N) is 3. The second-order valence-corrected chi connectivity index (χ2v) is 4.62. The van der Waals surface area contributed by atoms with Crippen molar-refractivity contribution in [1.29, 1.82) is 0 Å². The zero-order valence-electron chi connectivity index (χ0n) is 11.8. The molecule has 0 saturated heterocycles. The number of carbonyl (C=O) groups is 1. The molecule has 0 aromatic carbocycles. The number of hydrogen-bond donors (Lipinski definition) is 2. The molecule has 0 aliphatic rings. The third kappa shape index (κ3) is 3.34. The van der Waals surface area contributed by atoms with Gasteiger partial charge in [0.2, 0.25) is 0 Å². The van der Waals surface area contributed by atoms with Gasteiger partial charge in [-0.05, 0) is 12.5 Å². The number of rotatable bonds is 6. The van der Waals surface area contributed by atoms with Crippen LogP contribution in [0.5, 0.6) is 0 Å². The maximum atomic E-state index is 12.5. The van der Waals surface area contributed by atoms with Crippen molar-refractivity contribution >= 4 is 11.6 Å². The minimum atomic E-state index is -0.0350. The van der Waals surface area contributed by atoms with E-state index in [-0.39, 0.29) is 5.91 Å². The highest BCUT2D eigenvalue weighted by atomic mass is 16.2. The van der Waals surface area contributed by atoms with Crippen molar-refractivity contribution in [1.82, 2.24) is 20.1 Å². The lowest BCUT2D eigenvalue weighted by Gasteiger charge is -2.18. The minimum Gasteiger partial charge on any atom is -0.383 e. The summed E-state index contributed by atoms with van der Waals surface area (Å²) in [5.74, 6) is -0.0350. The first-order valence-electron chi connectivity index (χ1n) is 6.63. The van der Waals surface area contributed by atoms with Crippen molar-refractivity contribution < 1.29 is 4.79 Å². The van der Waals surface area contributed by atoms with Gasteiger partial charge in [0.1, 0.15) is 0 Å². The molecule has 6 heteroatoms. The largest absolute Gasteiger partial charge is 0.383 e. The van der Waals surface area contributed by atoms with E-state index < -0.39 is 0 Å². The fraction of sp³-hybridized carbons (Fsp3) is 0.357. The number of hydrogen-bond acceptors (Lipinski definition) is 4. The predicted molar refractivity (Wildman–Crippen MR) is 77.4 cm³/mol. The molecule has 2 aromatic rings. The first kappa shape index (κ1) is 14.0. The van der Waals surface area contributed by atoms with E-state index in [9.17, 15) is 4.79 Å². The Hall–Kier alpha value is -2.37. The molecule has 2 rings (SSSR count). The number of carbonyl (C=O) groups excluding carboxylic acids is 1. The summed E-state index contributed by atoms with van der Waals surface area (Å²) < 4.78 is 0. The number of aromatic nitrogens is 3.